The summed E-state index contributed by atoms with van der Waals surface area (Å²) in [7, 11) is 1.85. The molecule has 1 amide bonds. The third-order valence-electron chi connectivity index (χ3n) is 3.14. The fourth-order valence-electron chi connectivity index (χ4n) is 2.07. The van der Waals surface area contributed by atoms with Crippen molar-refractivity contribution in [3.8, 4) is 0 Å². The van der Waals surface area contributed by atoms with E-state index in [9.17, 15) is 4.79 Å². The molecule has 0 aliphatic carbocycles. The largest absolute Gasteiger partial charge is 0.444 e. The predicted octanol–water partition coefficient (Wildman–Crippen LogP) is 2.13. The summed E-state index contributed by atoms with van der Waals surface area (Å²) in [5, 5.41) is 14.0. The van der Waals surface area contributed by atoms with Crippen LogP contribution in [0.2, 0.25) is 0 Å². The summed E-state index contributed by atoms with van der Waals surface area (Å²) in [4.78, 5) is 11.6. The Balaban J connectivity index is 1.73. The second kappa shape index (κ2) is 7.92. The first-order valence-electron chi connectivity index (χ1n) is 7.92. The van der Waals surface area contributed by atoms with E-state index >= 15 is 0 Å². The minimum absolute atomic E-state index is 0.405. The molecule has 0 saturated heterocycles. The summed E-state index contributed by atoms with van der Waals surface area (Å²) in [6, 6.07) is 8.07. The Kier molecular flexibility index (Phi) is 5.92. The Bertz CT molecular complexity index is 658. The summed E-state index contributed by atoms with van der Waals surface area (Å²) in [6.07, 6.45) is 1.48. The second-order valence-corrected chi connectivity index (χ2v) is 6.66. The standard InChI is InChI=1S/C17H25N5O2/c1-17(2,3)24-16(23)19-10-14-7-5-13(6-8-14)9-18-11-15-12-22(4)21-20-15/h5-8,12,18H,9-11H2,1-4H3,(H,19,23). The molecule has 0 aliphatic heterocycles. The van der Waals surface area contributed by atoms with Gasteiger partial charge in [-0.15, -0.1) is 5.10 Å². The van der Waals surface area contributed by atoms with E-state index in [1.807, 2.05) is 58.3 Å². The lowest BCUT2D eigenvalue weighted by molar-refractivity contribution is 0.0523. The molecule has 1 heterocycles. The van der Waals surface area contributed by atoms with Gasteiger partial charge in [0, 0.05) is 32.9 Å². The monoisotopic (exact) mass is 331 g/mol. The number of hydrogen-bond donors (Lipinski definition) is 2. The summed E-state index contributed by atoms with van der Waals surface area (Å²) in [5.74, 6) is 0. The molecule has 2 rings (SSSR count). The zero-order valence-corrected chi connectivity index (χ0v) is 14.7. The van der Waals surface area contributed by atoms with Gasteiger partial charge in [-0.1, -0.05) is 29.5 Å². The first-order valence-corrected chi connectivity index (χ1v) is 7.92. The number of amides is 1. The van der Waals surface area contributed by atoms with Gasteiger partial charge < -0.3 is 15.4 Å². The number of ether oxygens (including phenoxy) is 1. The van der Waals surface area contributed by atoms with Crippen molar-refractivity contribution in [3.63, 3.8) is 0 Å². The Morgan fingerprint density at radius 3 is 2.29 bits per heavy atom. The quantitative estimate of drug-likeness (QED) is 0.847. The van der Waals surface area contributed by atoms with Gasteiger partial charge in [-0.2, -0.15) is 0 Å². The number of benzene rings is 1. The maximum atomic E-state index is 11.6. The van der Waals surface area contributed by atoms with Gasteiger partial charge in [0.15, 0.2) is 0 Å². The molecule has 0 fully saturated rings. The van der Waals surface area contributed by atoms with E-state index in [2.05, 4.69) is 20.9 Å². The lowest BCUT2D eigenvalue weighted by Gasteiger charge is -2.19. The van der Waals surface area contributed by atoms with Crippen LogP contribution in [0.25, 0.3) is 0 Å². The molecule has 0 radical (unpaired) electrons. The van der Waals surface area contributed by atoms with Gasteiger partial charge in [0.1, 0.15) is 5.60 Å². The van der Waals surface area contributed by atoms with Gasteiger partial charge in [0.05, 0.1) is 5.69 Å². The highest BCUT2D eigenvalue weighted by Gasteiger charge is 2.15. The Morgan fingerprint density at radius 1 is 1.12 bits per heavy atom. The van der Waals surface area contributed by atoms with Gasteiger partial charge in [-0.25, -0.2) is 4.79 Å². The van der Waals surface area contributed by atoms with E-state index in [4.69, 9.17) is 4.74 Å². The van der Waals surface area contributed by atoms with Gasteiger partial charge in [-0.05, 0) is 31.9 Å². The lowest BCUT2D eigenvalue weighted by Crippen LogP contribution is -2.32. The van der Waals surface area contributed by atoms with Crippen LogP contribution in [-0.2, 0) is 31.4 Å². The number of hydrogen-bond acceptors (Lipinski definition) is 5. The molecule has 0 unspecified atom stereocenters. The van der Waals surface area contributed by atoms with E-state index in [-0.39, 0.29) is 0 Å². The van der Waals surface area contributed by atoms with Gasteiger partial charge in [0.2, 0.25) is 0 Å². The minimum atomic E-state index is -0.483. The third-order valence-corrected chi connectivity index (χ3v) is 3.14. The van der Waals surface area contributed by atoms with Crippen LogP contribution in [0.5, 0.6) is 0 Å². The van der Waals surface area contributed by atoms with Gasteiger partial charge >= 0.3 is 6.09 Å². The molecule has 2 N–H and O–H groups in total. The van der Waals surface area contributed by atoms with Crippen LogP contribution in [0.1, 0.15) is 37.6 Å². The molecule has 0 bridgehead atoms. The summed E-state index contributed by atoms with van der Waals surface area (Å²) in [6.45, 7) is 7.40. The maximum Gasteiger partial charge on any atom is 0.407 e. The normalized spacial score (nSPS) is 11.3. The number of nitrogens with zero attached hydrogens (tertiary/aromatic N) is 3. The van der Waals surface area contributed by atoms with Crippen LogP contribution in [0.4, 0.5) is 4.79 Å². The second-order valence-electron chi connectivity index (χ2n) is 6.66. The number of carbonyl (C=O) groups excluding carboxylic acids is 1. The zero-order valence-electron chi connectivity index (χ0n) is 14.7. The van der Waals surface area contributed by atoms with Crippen molar-refractivity contribution in [2.75, 3.05) is 0 Å². The first-order chi connectivity index (χ1) is 11.3. The number of aromatic nitrogens is 3. The molecule has 0 atom stereocenters. The van der Waals surface area contributed by atoms with Crippen LogP contribution in [-0.4, -0.2) is 26.7 Å². The van der Waals surface area contributed by atoms with Crippen LogP contribution in [0.15, 0.2) is 30.5 Å². The number of aryl methyl sites for hydroxylation is 1. The first kappa shape index (κ1) is 17.9. The molecule has 0 aliphatic rings. The van der Waals surface area contributed by atoms with Crippen molar-refractivity contribution in [1.82, 2.24) is 25.6 Å². The van der Waals surface area contributed by atoms with Crippen LogP contribution >= 0.6 is 0 Å². The highest BCUT2D eigenvalue weighted by Crippen LogP contribution is 2.08. The van der Waals surface area contributed by atoms with Crippen molar-refractivity contribution in [1.29, 1.82) is 0 Å². The lowest BCUT2D eigenvalue weighted by atomic mass is 10.1. The Labute approximate surface area is 142 Å². The van der Waals surface area contributed by atoms with E-state index in [0.29, 0.717) is 13.1 Å². The number of nitrogens with one attached hydrogen (secondary N) is 2. The van der Waals surface area contributed by atoms with Crippen LogP contribution in [0.3, 0.4) is 0 Å². The predicted molar refractivity (Wildman–Crippen MR) is 91.1 cm³/mol. The van der Waals surface area contributed by atoms with Crippen molar-refractivity contribution in [3.05, 3.63) is 47.3 Å². The molecule has 1 aromatic carbocycles. The maximum absolute atomic E-state index is 11.6. The summed E-state index contributed by atoms with van der Waals surface area (Å²) < 4.78 is 6.89. The summed E-state index contributed by atoms with van der Waals surface area (Å²) >= 11 is 0. The van der Waals surface area contributed by atoms with E-state index in [1.54, 1.807) is 4.68 Å². The molecule has 7 heteroatoms. The topological polar surface area (TPSA) is 81.1 Å². The van der Waals surface area contributed by atoms with E-state index in [0.717, 1.165) is 17.8 Å². The Morgan fingerprint density at radius 2 is 1.75 bits per heavy atom. The van der Waals surface area contributed by atoms with E-state index in [1.165, 1.54) is 5.56 Å². The molecular formula is C17H25N5O2. The van der Waals surface area contributed by atoms with Crippen LogP contribution < -0.4 is 10.6 Å². The van der Waals surface area contributed by atoms with Gasteiger partial charge in [-0.3, -0.25) is 4.68 Å². The zero-order chi connectivity index (χ0) is 17.6. The molecule has 130 valence electrons. The third kappa shape index (κ3) is 6.37. The molecule has 0 spiro atoms. The SMILES string of the molecule is Cn1cc(CNCc2ccc(CNC(=O)OC(C)(C)C)cc2)nn1. The van der Waals surface area contributed by atoms with Crippen molar-refractivity contribution < 1.29 is 9.53 Å². The van der Waals surface area contributed by atoms with E-state index < -0.39 is 11.7 Å². The molecule has 24 heavy (non-hydrogen) atoms. The molecule has 0 saturated carbocycles. The molecule has 7 nitrogen and oxygen atoms in total. The highest BCUT2D eigenvalue weighted by atomic mass is 16.6. The van der Waals surface area contributed by atoms with Crippen molar-refractivity contribution >= 4 is 6.09 Å². The Hall–Kier alpha value is -2.41. The number of rotatable bonds is 6. The highest BCUT2D eigenvalue weighted by molar-refractivity contribution is 5.67. The summed E-state index contributed by atoms with van der Waals surface area (Å²) in [5.41, 5.74) is 2.62. The van der Waals surface area contributed by atoms with Crippen molar-refractivity contribution in [2.24, 2.45) is 7.05 Å². The molecule has 1 aromatic heterocycles. The smallest absolute Gasteiger partial charge is 0.407 e. The van der Waals surface area contributed by atoms with Gasteiger partial charge in [0.25, 0.3) is 0 Å². The van der Waals surface area contributed by atoms with Crippen molar-refractivity contribution in [2.45, 2.75) is 46.0 Å². The molecule has 2 aromatic rings. The fraction of sp³-hybridized carbons (Fsp3) is 0.471. The average Bonchev–Trinajstić information content (AvgIpc) is 2.90. The fourth-order valence-corrected chi connectivity index (χ4v) is 2.07. The molecular weight excluding hydrogens is 306 g/mol. The number of carbonyl (C=O) groups is 1. The van der Waals surface area contributed by atoms with Crippen LogP contribution in [0, 0.1) is 0 Å². The number of alkyl carbamates (subject to hydrolysis) is 1. The average molecular weight is 331 g/mol. The minimum Gasteiger partial charge on any atom is -0.444 e.